The van der Waals surface area contributed by atoms with Gasteiger partial charge in [0.15, 0.2) is 0 Å². The number of benzene rings is 2. The van der Waals surface area contributed by atoms with E-state index in [4.69, 9.17) is 0 Å². The van der Waals surface area contributed by atoms with Crippen molar-refractivity contribution in [3.05, 3.63) is 64.5 Å². The zero-order valence-corrected chi connectivity index (χ0v) is 14.8. The highest BCUT2D eigenvalue weighted by Crippen LogP contribution is 2.41. The third-order valence-electron chi connectivity index (χ3n) is 5.18. The van der Waals surface area contributed by atoms with E-state index in [1.165, 1.54) is 22.3 Å². The lowest BCUT2D eigenvalue weighted by Crippen LogP contribution is -2.21. The van der Waals surface area contributed by atoms with E-state index in [0.717, 1.165) is 29.5 Å². The fourth-order valence-electron chi connectivity index (χ4n) is 3.53. The summed E-state index contributed by atoms with van der Waals surface area (Å²) in [6, 6.07) is 10.2. The van der Waals surface area contributed by atoms with Crippen molar-refractivity contribution < 1.29 is 4.39 Å². The third kappa shape index (κ3) is 2.73. The maximum absolute atomic E-state index is 14.2. The van der Waals surface area contributed by atoms with E-state index >= 15 is 0 Å². The van der Waals surface area contributed by atoms with Crippen LogP contribution in [0, 0.1) is 12.7 Å². The predicted octanol–water partition coefficient (Wildman–Crippen LogP) is 6.45. The molecule has 0 fully saturated rings. The van der Waals surface area contributed by atoms with E-state index in [1.54, 1.807) is 6.07 Å². The molecule has 0 amide bonds. The first-order valence-corrected chi connectivity index (χ1v) is 8.44. The van der Waals surface area contributed by atoms with Crippen LogP contribution < -0.4 is 0 Å². The first kappa shape index (κ1) is 16.0. The van der Waals surface area contributed by atoms with Gasteiger partial charge in [0.05, 0.1) is 0 Å². The molecule has 0 spiro atoms. The minimum atomic E-state index is -0.0996. The molecular weight excluding hydrogens is 283 g/mol. The molecule has 23 heavy (non-hydrogen) atoms. The minimum absolute atomic E-state index is 0.0996. The fraction of sp³-hybridized carbons (Fsp3) is 0.364. The van der Waals surface area contributed by atoms with Crippen LogP contribution in [-0.4, -0.2) is 0 Å². The van der Waals surface area contributed by atoms with Crippen molar-refractivity contribution in [2.45, 2.75) is 52.9 Å². The summed E-state index contributed by atoms with van der Waals surface area (Å²) in [6.45, 7) is 10.9. The van der Waals surface area contributed by atoms with E-state index < -0.39 is 0 Å². The van der Waals surface area contributed by atoms with Crippen molar-refractivity contribution in [2.75, 3.05) is 0 Å². The predicted molar refractivity (Wildman–Crippen MR) is 97.2 cm³/mol. The zero-order chi connectivity index (χ0) is 16.8. The van der Waals surface area contributed by atoms with Gasteiger partial charge in [0.2, 0.25) is 0 Å². The molecule has 1 aliphatic carbocycles. The summed E-state index contributed by atoms with van der Waals surface area (Å²) >= 11 is 0. The van der Waals surface area contributed by atoms with Crippen LogP contribution in [0.3, 0.4) is 0 Å². The van der Waals surface area contributed by atoms with Crippen LogP contribution in [0.4, 0.5) is 4.39 Å². The second kappa shape index (κ2) is 5.63. The van der Waals surface area contributed by atoms with Crippen LogP contribution in [-0.2, 0) is 11.8 Å². The van der Waals surface area contributed by atoms with Gasteiger partial charge in [-0.05, 0) is 83.2 Å². The van der Waals surface area contributed by atoms with Gasteiger partial charge in [-0.3, -0.25) is 0 Å². The minimum Gasteiger partial charge on any atom is -0.207 e. The molecule has 0 aliphatic heterocycles. The number of hydrogen-bond acceptors (Lipinski definition) is 0. The highest BCUT2D eigenvalue weighted by atomic mass is 19.1. The average molecular weight is 308 g/mol. The van der Waals surface area contributed by atoms with Crippen LogP contribution in [0.1, 0.15) is 56.4 Å². The molecule has 0 aromatic heterocycles. The van der Waals surface area contributed by atoms with E-state index in [0.29, 0.717) is 0 Å². The van der Waals surface area contributed by atoms with Gasteiger partial charge in [-0.1, -0.05) is 45.0 Å². The lowest BCUT2D eigenvalue weighted by atomic mass is 9.72. The number of halogens is 1. The largest absolute Gasteiger partial charge is 0.207 e. The van der Waals surface area contributed by atoms with Crippen LogP contribution in [0.5, 0.6) is 0 Å². The Balaban J connectivity index is 2.19. The number of hydrogen-bond donors (Lipinski definition) is 0. The maximum Gasteiger partial charge on any atom is 0.127 e. The highest BCUT2D eigenvalue weighted by molar-refractivity contribution is 5.77. The standard InChI is InChI=1S/C22H25F/c1-6-16-7-8-17(12-21(16)23)18-13-20-19(11-15(18)3)14(2)9-10-22(20,4)5/h7-9,11-13H,6,10H2,1-5H3. The molecule has 0 saturated carbocycles. The van der Waals surface area contributed by atoms with Crippen molar-refractivity contribution in [3.63, 3.8) is 0 Å². The SMILES string of the molecule is CCc1ccc(-c2cc3c(cc2C)C(C)=CCC3(C)C)cc1F. The Morgan fingerprint density at radius 2 is 1.78 bits per heavy atom. The lowest BCUT2D eigenvalue weighted by molar-refractivity contribution is 0.527. The Bertz CT molecular complexity index is 794. The van der Waals surface area contributed by atoms with E-state index in [2.05, 4.69) is 52.0 Å². The van der Waals surface area contributed by atoms with Gasteiger partial charge in [0.1, 0.15) is 5.82 Å². The molecule has 0 nitrogen and oxygen atoms in total. The topological polar surface area (TPSA) is 0 Å². The second-order valence-electron chi connectivity index (χ2n) is 7.35. The molecule has 0 bridgehead atoms. The molecule has 2 aromatic rings. The van der Waals surface area contributed by atoms with Gasteiger partial charge in [-0.25, -0.2) is 4.39 Å². The van der Waals surface area contributed by atoms with Crippen molar-refractivity contribution in [2.24, 2.45) is 0 Å². The van der Waals surface area contributed by atoms with Gasteiger partial charge in [-0.15, -0.1) is 0 Å². The molecule has 0 atom stereocenters. The highest BCUT2D eigenvalue weighted by Gasteiger charge is 2.27. The molecule has 0 radical (unpaired) electrons. The van der Waals surface area contributed by atoms with Crippen molar-refractivity contribution in [1.29, 1.82) is 0 Å². The lowest BCUT2D eigenvalue weighted by Gasteiger charge is -2.32. The molecule has 0 unspecified atom stereocenters. The third-order valence-corrected chi connectivity index (χ3v) is 5.18. The maximum atomic E-state index is 14.2. The second-order valence-corrected chi connectivity index (χ2v) is 7.35. The molecule has 0 N–H and O–H groups in total. The Hall–Kier alpha value is -1.89. The van der Waals surface area contributed by atoms with Gasteiger partial charge < -0.3 is 0 Å². The van der Waals surface area contributed by atoms with E-state index in [9.17, 15) is 4.39 Å². The van der Waals surface area contributed by atoms with Crippen molar-refractivity contribution in [1.82, 2.24) is 0 Å². The molecule has 120 valence electrons. The van der Waals surface area contributed by atoms with Crippen molar-refractivity contribution in [3.8, 4) is 11.1 Å². The van der Waals surface area contributed by atoms with Crippen LogP contribution >= 0.6 is 0 Å². The molecule has 3 rings (SSSR count). The summed E-state index contributed by atoms with van der Waals surface area (Å²) in [7, 11) is 0. The van der Waals surface area contributed by atoms with Crippen LogP contribution in [0.2, 0.25) is 0 Å². The zero-order valence-electron chi connectivity index (χ0n) is 14.8. The average Bonchev–Trinajstić information content (AvgIpc) is 2.51. The Morgan fingerprint density at radius 3 is 2.43 bits per heavy atom. The summed E-state index contributed by atoms with van der Waals surface area (Å²) < 4.78 is 14.2. The molecular formula is C22H25F. The summed E-state index contributed by atoms with van der Waals surface area (Å²) in [5.41, 5.74) is 8.30. The monoisotopic (exact) mass is 308 g/mol. The number of aryl methyl sites for hydroxylation is 2. The number of fused-ring (bicyclic) bond motifs is 1. The Labute approximate surface area is 139 Å². The molecule has 0 heterocycles. The summed E-state index contributed by atoms with van der Waals surface area (Å²) in [6.07, 6.45) is 4.11. The summed E-state index contributed by atoms with van der Waals surface area (Å²) in [4.78, 5) is 0. The first-order valence-electron chi connectivity index (χ1n) is 8.44. The Kier molecular flexibility index (Phi) is 3.91. The Morgan fingerprint density at radius 1 is 1.04 bits per heavy atom. The van der Waals surface area contributed by atoms with Crippen LogP contribution in [0.25, 0.3) is 16.7 Å². The normalized spacial score (nSPS) is 16.0. The van der Waals surface area contributed by atoms with Gasteiger partial charge in [0, 0.05) is 0 Å². The van der Waals surface area contributed by atoms with E-state index in [1.807, 2.05) is 13.0 Å². The molecule has 1 heteroatoms. The van der Waals surface area contributed by atoms with Gasteiger partial charge in [-0.2, -0.15) is 0 Å². The van der Waals surface area contributed by atoms with Crippen LogP contribution in [0.15, 0.2) is 36.4 Å². The van der Waals surface area contributed by atoms with Gasteiger partial charge in [0.25, 0.3) is 0 Å². The quantitative estimate of drug-likeness (QED) is 0.598. The molecule has 0 saturated heterocycles. The number of rotatable bonds is 2. The van der Waals surface area contributed by atoms with Crippen molar-refractivity contribution >= 4 is 5.57 Å². The molecule has 2 aromatic carbocycles. The summed E-state index contributed by atoms with van der Waals surface area (Å²) in [5.74, 6) is -0.0996. The first-order chi connectivity index (χ1) is 10.8. The van der Waals surface area contributed by atoms with Gasteiger partial charge >= 0.3 is 0 Å². The molecule has 1 aliphatic rings. The summed E-state index contributed by atoms with van der Waals surface area (Å²) in [5, 5.41) is 0. The van der Waals surface area contributed by atoms with E-state index in [-0.39, 0.29) is 11.2 Å². The smallest absolute Gasteiger partial charge is 0.127 e. The number of allylic oxidation sites excluding steroid dienone is 2. The fourth-order valence-corrected chi connectivity index (χ4v) is 3.53.